The van der Waals surface area contributed by atoms with Crippen LogP contribution in [0.5, 0.6) is 5.75 Å². The molecule has 1 N–H and O–H groups in total. The van der Waals surface area contributed by atoms with Gasteiger partial charge in [0.05, 0.1) is 24.1 Å². The van der Waals surface area contributed by atoms with Crippen molar-refractivity contribution in [2.24, 2.45) is 0 Å². The molecule has 0 heterocycles. The molecule has 2 rings (SSSR count). The zero-order chi connectivity index (χ0) is 20.9. The van der Waals surface area contributed by atoms with Crippen molar-refractivity contribution >= 4 is 50.7 Å². The average molecular weight is 443 g/mol. The largest absolute Gasteiger partial charge is 0.495 e. The summed E-state index contributed by atoms with van der Waals surface area (Å²) in [5.41, 5.74) is 0.907. The Morgan fingerprint density at radius 1 is 1.29 bits per heavy atom. The molecule has 0 saturated heterocycles. The number of benzene rings is 2. The molecule has 2 aromatic carbocycles. The van der Waals surface area contributed by atoms with Crippen LogP contribution in [0.15, 0.2) is 47.4 Å². The SMILES string of the molecule is CC[C@H](C(=O)Nc1cccc(SC)c1)N(c1ccc(OC)c(Cl)c1)S(C)(=O)=O. The van der Waals surface area contributed by atoms with E-state index in [-0.39, 0.29) is 11.4 Å². The van der Waals surface area contributed by atoms with Crippen molar-refractivity contribution in [3.63, 3.8) is 0 Å². The zero-order valence-electron chi connectivity index (χ0n) is 16.1. The highest BCUT2D eigenvalue weighted by atomic mass is 35.5. The minimum absolute atomic E-state index is 0.261. The third kappa shape index (κ3) is 5.33. The van der Waals surface area contributed by atoms with Gasteiger partial charge < -0.3 is 10.1 Å². The second kappa shape index (κ2) is 9.54. The molecule has 28 heavy (non-hydrogen) atoms. The Morgan fingerprint density at radius 2 is 2.00 bits per heavy atom. The summed E-state index contributed by atoms with van der Waals surface area (Å²) in [6.07, 6.45) is 3.29. The van der Waals surface area contributed by atoms with Gasteiger partial charge in [-0.1, -0.05) is 24.6 Å². The molecule has 0 aromatic heterocycles. The average Bonchev–Trinajstić information content (AvgIpc) is 2.64. The number of hydrogen-bond donors (Lipinski definition) is 1. The highest BCUT2D eigenvalue weighted by Gasteiger charge is 2.32. The van der Waals surface area contributed by atoms with Gasteiger partial charge in [0.15, 0.2) is 0 Å². The monoisotopic (exact) mass is 442 g/mol. The van der Waals surface area contributed by atoms with E-state index in [4.69, 9.17) is 16.3 Å². The molecule has 152 valence electrons. The van der Waals surface area contributed by atoms with E-state index in [1.54, 1.807) is 36.9 Å². The van der Waals surface area contributed by atoms with Gasteiger partial charge >= 0.3 is 0 Å². The van der Waals surface area contributed by atoms with Gasteiger partial charge in [-0.05, 0) is 49.1 Å². The third-order valence-electron chi connectivity index (χ3n) is 4.06. The van der Waals surface area contributed by atoms with Crippen molar-refractivity contribution in [3.8, 4) is 5.75 Å². The molecule has 9 heteroatoms. The summed E-state index contributed by atoms with van der Waals surface area (Å²) in [6, 6.07) is 11.0. The van der Waals surface area contributed by atoms with E-state index in [0.717, 1.165) is 15.5 Å². The maximum Gasteiger partial charge on any atom is 0.248 e. The van der Waals surface area contributed by atoms with Gasteiger partial charge in [-0.3, -0.25) is 9.10 Å². The van der Waals surface area contributed by atoms with Gasteiger partial charge in [0.2, 0.25) is 15.9 Å². The molecular formula is C19H23ClN2O4S2. The van der Waals surface area contributed by atoms with Gasteiger partial charge in [-0.25, -0.2) is 8.42 Å². The Kier molecular flexibility index (Phi) is 7.63. The quantitative estimate of drug-likeness (QED) is 0.618. The minimum atomic E-state index is -3.75. The maximum absolute atomic E-state index is 12.9. The highest BCUT2D eigenvalue weighted by molar-refractivity contribution is 7.98. The number of halogens is 1. The number of nitrogens with zero attached hydrogens (tertiary/aromatic N) is 1. The van der Waals surface area contributed by atoms with Crippen LogP contribution in [0.4, 0.5) is 11.4 Å². The standard InChI is InChI=1S/C19H23ClN2O4S2/c1-5-17(19(23)21-13-7-6-8-15(11-13)27-3)22(28(4,24)25)14-9-10-18(26-2)16(20)12-14/h6-12,17H,5H2,1-4H3,(H,21,23)/t17-/m1/s1. The molecule has 2 aromatic rings. The summed E-state index contributed by atoms with van der Waals surface area (Å²) >= 11 is 7.72. The molecule has 0 spiro atoms. The van der Waals surface area contributed by atoms with Crippen LogP contribution < -0.4 is 14.4 Å². The van der Waals surface area contributed by atoms with E-state index in [2.05, 4.69) is 5.32 Å². The summed E-state index contributed by atoms with van der Waals surface area (Å²) in [5.74, 6) is 0.00312. The first-order valence-corrected chi connectivity index (χ1v) is 11.9. The van der Waals surface area contributed by atoms with Crippen molar-refractivity contribution < 1.29 is 17.9 Å². The second-order valence-electron chi connectivity index (χ2n) is 6.02. The van der Waals surface area contributed by atoms with Crippen molar-refractivity contribution in [2.45, 2.75) is 24.3 Å². The Hall–Kier alpha value is -1.90. The first-order chi connectivity index (χ1) is 13.2. The van der Waals surface area contributed by atoms with Crippen LogP contribution in [0.2, 0.25) is 5.02 Å². The molecule has 6 nitrogen and oxygen atoms in total. The van der Waals surface area contributed by atoms with Crippen molar-refractivity contribution in [2.75, 3.05) is 29.2 Å². The predicted octanol–water partition coefficient (Wildman–Crippen LogP) is 4.25. The van der Waals surface area contributed by atoms with Crippen LogP contribution in [0, 0.1) is 0 Å². The number of sulfonamides is 1. The van der Waals surface area contributed by atoms with E-state index >= 15 is 0 Å². The number of nitrogens with one attached hydrogen (secondary N) is 1. The van der Waals surface area contributed by atoms with E-state index < -0.39 is 22.0 Å². The molecule has 0 aliphatic rings. The molecule has 0 bridgehead atoms. The second-order valence-corrected chi connectivity index (χ2v) is 9.17. The van der Waals surface area contributed by atoms with Crippen molar-refractivity contribution in [1.82, 2.24) is 0 Å². The molecule has 0 radical (unpaired) electrons. The van der Waals surface area contributed by atoms with E-state index in [1.165, 1.54) is 13.2 Å². The first kappa shape index (κ1) is 22.4. The number of anilines is 2. The highest BCUT2D eigenvalue weighted by Crippen LogP contribution is 2.32. The molecule has 0 aliphatic heterocycles. The smallest absolute Gasteiger partial charge is 0.248 e. The van der Waals surface area contributed by atoms with Crippen LogP contribution in [-0.4, -0.2) is 40.0 Å². The lowest BCUT2D eigenvalue weighted by Crippen LogP contribution is -2.47. The van der Waals surface area contributed by atoms with E-state index in [0.29, 0.717) is 17.1 Å². The van der Waals surface area contributed by atoms with E-state index in [1.807, 2.05) is 24.5 Å². The van der Waals surface area contributed by atoms with Crippen LogP contribution in [0.3, 0.4) is 0 Å². The van der Waals surface area contributed by atoms with Gasteiger partial charge in [0, 0.05) is 10.6 Å². The predicted molar refractivity (Wildman–Crippen MR) is 116 cm³/mol. The number of ether oxygens (including phenoxy) is 1. The minimum Gasteiger partial charge on any atom is -0.495 e. The Bertz CT molecular complexity index is 951. The first-order valence-electron chi connectivity index (χ1n) is 8.49. The van der Waals surface area contributed by atoms with Crippen LogP contribution in [0.1, 0.15) is 13.3 Å². The number of rotatable bonds is 8. The number of carbonyl (C=O) groups is 1. The number of thioether (sulfide) groups is 1. The third-order valence-corrected chi connectivity index (χ3v) is 6.26. The summed E-state index contributed by atoms with van der Waals surface area (Å²) in [5, 5.41) is 3.07. The van der Waals surface area contributed by atoms with Gasteiger partial charge in [0.1, 0.15) is 11.8 Å². The maximum atomic E-state index is 12.9. The Balaban J connectivity index is 2.40. The fraction of sp³-hybridized carbons (Fsp3) is 0.316. The normalized spacial score (nSPS) is 12.3. The van der Waals surface area contributed by atoms with Gasteiger partial charge in [-0.15, -0.1) is 11.8 Å². The number of methoxy groups -OCH3 is 1. The van der Waals surface area contributed by atoms with Crippen LogP contribution in [-0.2, 0) is 14.8 Å². The lowest BCUT2D eigenvalue weighted by Gasteiger charge is -2.30. The summed E-state index contributed by atoms with van der Waals surface area (Å²) in [7, 11) is -2.27. The summed E-state index contributed by atoms with van der Waals surface area (Å²) in [6.45, 7) is 1.76. The molecular weight excluding hydrogens is 420 g/mol. The molecule has 0 unspecified atom stereocenters. The van der Waals surface area contributed by atoms with Gasteiger partial charge in [0.25, 0.3) is 0 Å². The Morgan fingerprint density at radius 3 is 2.54 bits per heavy atom. The molecule has 0 fully saturated rings. The fourth-order valence-corrected chi connectivity index (χ4v) is 4.69. The molecule has 1 atom stereocenters. The van der Waals surface area contributed by atoms with Crippen molar-refractivity contribution in [3.05, 3.63) is 47.5 Å². The number of carbonyl (C=O) groups excluding carboxylic acids is 1. The molecule has 1 amide bonds. The van der Waals surface area contributed by atoms with Crippen LogP contribution in [0.25, 0.3) is 0 Å². The van der Waals surface area contributed by atoms with E-state index in [9.17, 15) is 13.2 Å². The fourth-order valence-electron chi connectivity index (χ4n) is 2.78. The lowest BCUT2D eigenvalue weighted by molar-refractivity contribution is -0.117. The van der Waals surface area contributed by atoms with Gasteiger partial charge in [-0.2, -0.15) is 0 Å². The summed E-state index contributed by atoms with van der Waals surface area (Å²) < 4.78 is 31.3. The van der Waals surface area contributed by atoms with Crippen LogP contribution >= 0.6 is 23.4 Å². The zero-order valence-corrected chi connectivity index (χ0v) is 18.5. The topological polar surface area (TPSA) is 75.7 Å². The molecule has 0 saturated carbocycles. The summed E-state index contributed by atoms with van der Waals surface area (Å²) in [4.78, 5) is 13.9. The Labute approximate surface area is 175 Å². The number of hydrogen-bond acceptors (Lipinski definition) is 5. The molecule has 0 aliphatic carbocycles. The van der Waals surface area contributed by atoms with Crippen molar-refractivity contribution in [1.29, 1.82) is 0 Å². The lowest BCUT2D eigenvalue weighted by atomic mass is 10.1. The number of amides is 1.